The summed E-state index contributed by atoms with van der Waals surface area (Å²) in [7, 11) is 0. The molecule has 4 rings (SSSR count). The number of benzene rings is 1. The molecule has 3 aromatic rings. The number of hydrogen-bond acceptors (Lipinski definition) is 5. The third-order valence-corrected chi connectivity index (χ3v) is 4.33. The van der Waals surface area contributed by atoms with Gasteiger partial charge in [0.05, 0.1) is 10.7 Å². The molecule has 1 atom stereocenters. The van der Waals surface area contributed by atoms with Crippen LogP contribution in [-0.4, -0.2) is 27.6 Å². The normalized spacial score (nSPS) is 17.3. The summed E-state index contributed by atoms with van der Waals surface area (Å²) in [6.45, 7) is 0.309. The number of nitrogens with zero attached hydrogens (tertiary/aromatic N) is 4. The molecule has 1 aliphatic heterocycles. The SMILES string of the molecule is O=C1CC(c2noc(-c3ccccn3)n2)CN1c1cc(F)ccc1Cl. The Kier molecular flexibility index (Phi) is 3.93. The Labute approximate surface area is 147 Å². The Morgan fingerprint density at radius 2 is 2.16 bits per heavy atom. The van der Waals surface area contributed by atoms with Gasteiger partial charge in [-0.25, -0.2) is 4.39 Å². The van der Waals surface area contributed by atoms with E-state index >= 15 is 0 Å². The van der Waals surface area contributed by atoms with E-state index in [9.17, 15) is 9.18 Å². The molecule has 0 radical (unpaired) electrons. The number of pyridine rings is 1. The molecule has 1 amide bonds. The van der Waals surface area contributed by atoms with Crippen molar-refractivity contribution in [3.63, 3.8) is 0 Å². The van der Waals surface area contributed by atoms with E-state index in [1.54, 1.807) is 18.3 Å². The number of aromatic nitrogens is 3. The van der Waals surface area contributed by atoms with Crippen LogP contribution in [0.2, 0.25) is 5.02 Å². The van der Waals surface area contributed by atoms with Crippen molar-refractivity contribution in [3.05, 3.63) is 59.3 Å². The quantitative estimate of drug-likeness (QED) is 0.717. The van der Waals surface area contributed by atoms with Crippen LogP contribution < -0.4 is 4.90 Å². The van der Waals surface area contributed by atoms with Gasteiger partial charge in [-0.05, 0) is 30.3 Å². The van der Waals surface area contributed by atoms with Crippen LogP contribution in [0.4, 0.5) is 10.1 Å². The third-order valence-electron chi connectivity index (χ3n) is 4.01. The summed E-state index contributed by atoms with van der Waals surface area (Å²) in [5.41, 5.74) is 0.915. The van der Waals surface area contributed by atoms with E-state index in [2.05, 4.69) is 15.1 Å². The maximum Gasteiger partial charge on any atom is 0.276 e. The summed E-state index contributed by atoms with van der Waals surface area (Å²) in [5.74, 6) is -0.156. The first-order chi connectivity index (χ1) is 12.1. The van der Waals surface area contributed by atoms with Crippen molar-refractivity contribution in [2.45, 2.75) is 12.3 Å². The van der Waals surface area contributed by atoms with Crippen LogP contribution >= 0.6 is 11.6 Å². The molecule has 0 aliphatic carbocycles. The molecular weight excluding hydrogens is 347 g/mol. The van der Waals surface area contributed by atoms with Crippen molar-refractivity contribution in [3.8, 4) is 11.6 Å². The van der Waals surface area contributed by atoms with Crippen LogP contribution in [0, 0.1) is 5.82 Å². The molecule has 8 heteroatoms. The summed E-state index contributed by atoms with van der Waals surface area (Å²) >= 11 is 6.10. The number of carbonyl (C=O) groups is 1. The van der Waals surface area contributed by atoms with E-state index in [0.717, 1.165) is 0 Å². The molecule has 0 N–H and O–H groups in total. The smallest absolute Gasteiger partial charge is 0.276 e. The Balaban J connectivity index is 1.59. The predicted octanol–water partition coefficient (Wildman–Crippen LogP) is 3.44. The Bertz CT molecular complexity index is 931. The highest BCUT2D eigenvalue weighted by molar-refractivity contribution is 6.33. The zero-order chi connectivity index (χ0) is 17.4. The van der Waals surface area contributed by atoms with Gasteiger partial charge in [-0.15, -0.1) is 0 Å². The van der Waals surface area contributed by atoms with Crippen LogP contribution in [0.5, 0.6) is 0 Å². The zero-order valence-corrected chi connectivity index (χ0v) is 13.7. The molecule has 1 aromatic carbocycles. The van der Waals surface area contributed by atoms with E-state index in [0.29, 0.717) is 34.7 Å². The summed E-state index contributed by atoms with van der Waals surface area (Å²) in [5, 5.41) is 4.28. The largest absolute Gasteiger partial charge is 0.332 e. The lowest BCUT2D eigenvalue weighted by Crippen LogP contribution is -2.24. The molecule has 2 aromatic heterocycles. The van der Waals surface area contributed by atoms with E-state index in [1.807, 2.05) is 6.07 Å². The molecule has 1 saturated heterocycles. The third kappa shape index (κ3) is 2.98. The van der Waals surface area contributed by atoms with Gasteiger partial charge in [0.15, 0.2) is 5.82 Å². The summed E-state index contributed by atoms with van der Waals surface area (Å²) in [6, 6.07) is 9.30. The monoisotopic (exact) mass is 358 g/mol. The first-order valence-corrected chi connectivity index (χ1v) is 8.00. The fraction of sp³-hybridized carbons (Fsp3) is 0.176. The van der Waals surface area contributed by atoms with Gasteiger partial charge in [-0.3, -0.25) is 9.78 Å². The van der Waals surface area contributed by atoms with Crippen molar-refractivity contribution in [1.82, 2.24) is 15.1 Å². The molecule has 126 valence electrons. The maximum atomic E-state index is 13.5. The van der Waals surface area contributed by atoms with Crippen molar-refractivity contribution in [2.75, 3.05) is 11.4 Å². The molecule has 1 aliphatic rings. The highest BCUT2D eigenvalue weighted by atomic mass is 35.5. The van der Waals surface area contributed by atoms with E-state index in [-0.39, 0.29) is 18.2 Å². The van der Waals surface area contributed by atoms with Crippen LogP contribution in [-0.2, 0) is 4.79 Å². The van der Waals surface area contributed by atoms with Gasteiger partial charge in [-0.1, -0.05) is 22.8 Å². The Hall–Kier alpha value is -2.80. The molecule has 1 fully saturated rings. The topological polar surface area (TPSA) is 72.1 Å². The molecule has 6 nitrogen and oxygen atoms in total. The number of hydrogen-bond donors (Lipinski definition) is 0. The van der Waals surface area contributed by atoms with Gasteiger partial charge in [0.1, 0.15) is 11.5 Å². The van der Waals surface area contributed by atoms with E-state index in [4.69, 9.17) is 16.1 Å². The van der Waals surface area contributed by atoms with Crippen LogP contribution in [0.25, 0.3) is 11.6 Å². The van der Waals surface area contributed by atoms with E-state index < -0.39 is 5.82 Å². The first kappa shape index (κ1) is 15.7. The highest BCUT2D eigenvalue weighted by Crippen LogP contribution is 2.35. The van der Waals surface area contributed by atoms with Gasteiger partial charge < -0.3 is 9.42 Å². The molecule has 0 bridgehead atoms. The highest BCUT2D eigenvalue weighted by Gasteiger charge is 2.35. The lowest BCUT2D eigenvalue weighted by atomic mass is 10.1. The molecule has 0 saturated carbocycles. The average Bonchev–Trinajstić information content (AvgIpc) is 3.25. The number of amides is 1. The Morgan fingerprint density at radius 3 is 2.96 bits per heavy atom. The van der Waals surface area contributed by atoms with Crippen molar-refractivity contribution < 1.29 is 13.7 Å². The van der Waals surface area contributed by atoms with Crippen LogP contribution in [0.1, 0.15) is 18.2 Å². The number of carbonyl (C=O) groups excluding carboxylic acids is 1. The van der Waals surface area contributed by atoms with Gasteiger partial charge in [0, 0.05) is 25.1 Å². The van der Waals surface area contributed by atoms with Gasteiger partial charge in [-0.2, -0.15) is 4.98 Å². The van der Waals surface area contributed by atoms with Crippen molar-refractivity contribution in [2.24, 2.45) is 0 Å². The predicted molar refractivity (Wildman–Crippen MR) is 88.7 cm³/mol. The second-order valence-corrected chi connectivity index (χ2v) is 6.08. The van der Waals surface area contributed by atoms with Crippen molar-refractivity contribution in [1.29, 1.82) is 0 Å². The minimum atomic E-state index is -0.451. The lowest BCUT2D eigenvalue weighted by Gasteiger charge is -2.17. The maximum absolute atomic E-state index is 13.5. The first-order valence-electron chi connectivity index (χ1n) is 7.62. The van der Waals surface area contributed by atoms with Gasteiger partial charge >= 0.3 is 0 Å². The minimum Gasteiger partial charge on any atom is -0.332 e. The summed E-state index contributed by atoms with van der Waals surface area (Å²) in [4.78, 5) is 22.3. The van der Waals surface area contributed by atoms with E-state index in [1.165, 1.54) is 23.1 Å². The minimum absolute atomic E-state index is 0.165. The zero-order valence-electron chi connectivity index (χ0n) is 12.9. The second-order valence-electron chi connectivity index (χ2n) is 5.67. The van der Waals surface area contributed by atoms with Crippen LogP contribution in [0.3, 0.4) is 0 Å². The molecule has 1 unspecified atom stereocenters. The second kappa shape index (κ2) is 6.25. The number of halogens is 2. The van der Waals surface area contributed by atoms with Crippen LogP contribution in [0.15, 0.2) is 47.1 Å². The molecule has 3 heterocycles. The molecule has 25 heavy (non-hydrogen) atoms. The molecule has 0 spiro atoms. The summed E-state index contributed by atoms with van der Waals surface area (Å²) < 4.78 is 18.7. The Morgan fingerprint density at radius 1 is 1.28 bits per heavy atom. The average molecular weight is 359 g/mol. The number of rotatable bonds is 3. The van der Waals surface area contributed by atoms with Crippen molar-refractivity contribution >= 4 is 23.2 Å². The fourth-order valence-electron chi connectivity index (χ4n) is 2.80. The molecular formula is C17H12ClFN4O2. The number of anilines is 1. The summed E-state index contributed by atoms with van der Waals surface area (Å²) in [6.07, 6.45) is 1.83. The fourth-order valence-corrected chi connectivity index (χ4v) is 3.02. The lowest BCUT2D eigenvalue weighted by molar-refractivity contribution is -0.117. The van der Waals surface area contributed by atoms with Gasteiger partial charge in [0.25, 0.3) is 5.89 Å². The van der Waals surface area contributed by atoms with Gasteiger partial charge in [0.2, 0.25) is 5.91 Å². The standard InChI is InChI=1S/C17H12ClFN4O2/c18-12-5-4-11(19)8-14(12)23-9-10(7-15(23)24)16-21-17(25-22-16)13-3-1-2-6-20-13/h1-6,8,10H,7,9H2.